The van der Waals surface area contributed by atoms with E-state index in [-0.39, 0.29) is 11.3 Å². The number of anilines is 1. The number of amides is 1. The Balaban J connectivity index is 2.10. The smallest absolute Gasteiger partial charge is 0.406 e. The Labute approximate surface area is 131 Å². The molecule has 0 heterocycles. The lowest BCUT2D eigenvalue weighted by atomic mass is 10.2. The second kappa shape index (κ2) is 6.35. The zero-order chi connectivity index (χ0) is 16.3. The van der Waals surface area contributed by atoms with Gasteiger partial charge in [-0.1, -0.05) is 15.9 Å². The number of hydrogen-bond acceptors (Lipinski definition) is 2. The zero-order valence-corrected chi connectivity index (χ0v) is 12.3. The molecule has 0 aliphatic carbocycles. The average Bonchev–Trinajstić information content (AvgIpc) is 2.42. The van der Waals surface area contributed by atoms with Crippen LogP contribution < -0.4 is 10.1 Å². The van der Waals surface area contributed by atoms with Gasteiger partial charge >= 0.3 is 6.36 Å². The van der Waals surface area contributed by atoms with Crippen LogP contribution in [0.2, 0.25) is 0 Å². The molecule has 0 aliphatic rings. The van der Waals surface area contributed by atoms with Crippen molar-refractivity contribution in [1.82, 2.24) is 0 Å². The van der Waals surface area contributed by atoms with Crippen molar-refractivity contribution in [3.05, 3.63) is 58.3 Å². The summed E-state index contributed by atoms with van der Waals surface area (Å²) in [7, 11) is 0. The van der Waals surface area contributed by atoms with Crippen LogP contribution in [0.5, 0.6) is 5.75 Å². The summed E-state index contributed by atoms with van der Waals surface area (Å²) in [4.78, 5) is 11.9. The molecule has 0 atom stereocenters. The van der Waals surface area contributed by atoms with Gasteiger partial charge in [0.1, 0.15) is 11.6 Å². The van der Waals surface area contributed by atoms with Gasteiger partial charge in [-0.05, 0) is 42.5 Å². The number of alkyl halides is 3. The van der Waals surface area contributed by atoms with Crippen LogP contribution in [-0.2, 0) is 0 Å². The van der Waals surface area contributed by atoms with E-state index in [2.05, 4.69) is 26.0 Å². The number of ether oxygens (including phenoxy) is 1. The molecule has 1 N–H and O–H groups in total. The van der Waals surface area contributed by atoms with Crippen LogP contribution in [0.1, 0.15) is 10.4 Å². The second-order valence-electron chi connectivity index (χ2n) is 4.15. The molecule has 2 rings (SSSR count). The monoisotopic (exact) mass is 377 g/mol. The predicted molar refractivity (Wildman–Crippen MR) is 75.2 cm³/mol. The highest BCUT2D eigenvalue weighted by atomic mass is 79.9. The maximum Gasteiger partial charge on any atom is 0.573 e. The average molecular weight is 378 g/mol. The van der Waals surface area contributed by atoms with Crippen molar-refractivity contribution in [3.63, 3.8) is 0 Å². The first-order valence-corrected chi connectivity index (χ1v) is 6.66. The van der Waals surface area contributed by atoms with Gasteiger partial charge in [0.15, 0.2) is 0 Å². The van der Waals surface area contributed by atoms with E-state index in [1.807, 2.05) is 0 Å². The van der Waals surface area contributed by atoms with Crippen molar-refractivity contribution in [2.45, 2.75) is 6.36 Å². The van der Waals surface area contributed by atoms with E-state index in [4.69, 9.17) is 0 Å². The fourth-order valence-electron chi connectivity index (χ4n) is 1.61. The molecule has 0 aliphatic heterocycles. The molecule has 2 aromatic rings. The van der Waals surface area contributed by atoms with Crippen LogP contribution in [0, 0.1) is 5.82 Å². The van der Waals surface area contributed by atoms with Gasteiger partial charge in [0.25, 0.3) is 5.91 Å². The lowest BCUT2D eigenvalue weighted by Crippen LogP contribution is -2.17. The number of rotatable bonds is 3. The molecule has 0 unspecified atom stereocenters. The minimum absolute atomic E-state index is 0.190. The number of hydrogen-bond donors (Lipinski definition) is 1. The molecular weight excluding hydrogens is 370 g/mol. The highest BCUT2D eigenvalue weighted by molar-refractivity contribution is 9.10. The molecule has 0 fully saturated rings. The fraction of sp³-hybridized carbons (Fsp3) is 0.0714. The van der Waals surface area contributed by atoms with E-state index in [1.54, 1.807) is 0 Å². The molecule has 0 spiro atoms. The summed E-state index contributed by atoms with van der Waals surface area (Å²) in [5.41, 5.74) is 0.0175. The van der Waals surface area contributed by atoms with Crippen molar-refractivity contribution in [3.8, 4) is 5.75 Å². The Morgan fingerprint density at radius 3 is 2.32 bits per heavy atom. The van der Waals surface area contributed by atoms with Gasteiger partial charge in [0.2, 0.25) is 0 Å². The third-order valence-electron chi connectivity index (χ3n) is 2.52. The molecule has 2 aromatic carbocycles. The topological polar surface area (TPSA) is 38.3 Å². The molecule has 0 bridgehead atoms. The predicted octanol–water partition coefficient (Wildman–Crippen LogP) is 4.74. The van der Waals surface area contributed by atoms with Gasteiger partial charge < -0.3 is 10.1 Å². The highest BCUT2D eigenvalue weighted by Crippen LogP contribution is 2.24. The molecule has 8 heteroatoms. The largest absolute Gasteiger partial charge is 0.573 e. The molecule has 0 aromatic heterocycles. The highest BCUT2D eigenvalue weighted by Gasteiger charge is 2.30. The first-order chi connectivity index (χ1) is 10.2. The number of benzene rings is 2. The van der Waals surface area contributed by atoms with E-state index in [1.165, 1.54) is 24.3 Å². The first-order valence-electron chi connectivity index (χ1n) is 5.87. The van der Waals surface area contributed by atoms with E-state index in [0.29, 0.717) is 4.47 Å². The van der Waals surface area contributed by atoms with Crippen molar-refractivity contribution in [2.75, 3.05) is 5.32 Å². The van der Waals surface area contributed by atoms with E-state index in [0.717, 1.165) is 18.2 Å². The Hall–Kier alpha value is -2.09. The van der Waals surface area contributed by atoms with Crippen molar-refractivity contribution >= 4 is 27.5 Å². The van der Waals surface area contributed by atoms with Crippen molar-refractivity contribution in [2.24, 2.45) is 0 Å². The van der Waals surface area contributed by atoms with Gasteiger partial charge in [-0.2, -0.15) is 0 Å². The third kappa shape index (κ3) is 4.45. The molecule has 22 heavy (non-hydrogen) atoms. The van der Waals surface area contributed by atoms with E-state index < -0.39 is 23.8 Å². The van der Waals surface area contributed by atoms with Gasteiger partial charge in [-0.3, -0.25) is 4.79 Å². The summed E-state index contributed by atoms with van der Waals surface area (Å²) in [6.45, 7) is 0. The quantitative estimate of drug-likeness (QED) is 0.784. The van der Waals surface area contributed by atoms with Crippen LogP contribution >= 0.6 is 15.9 Å². The molecule has 116 valence electrons. The van der Waals surface area contributed by atoms with Gasteiger partial charge in [-0.15, -0.1) is 13.2 Å². The minimum atomic E-state index is -4.79. The molecule has 0 saturated carbocycles. The molecule has 1 amide bonds. The SMILES string of the molecule is O=C(Nc1ccc(OC(F)(F)F)cc1)c1cc(Br)ccc1F. The van der Waals surface area contributed by atoms with Crippen LogP contribution in [0.3, 0.4) is 0 Å². The van der Waals surface area contributed by atoms with Crippen LogP contribution in [-0.4, -0.2) is 12.3 Å². The Morgan fingerprint density at radius 1 is 1.09 bits per heavy atom. The first kappa shape index (κ1) is 16.3. The van der Waals surface area contributed by atoms with Crippen LogP contribution in [0.4, 0.5) is 23.2 Å². The number of halogens is 5. The number of carbonyl (C=O) groups is 1. The summed E-state index contributed by atoms with van der Waals surface area (Å²) < 4.78 is 53.8. The Bertz CT molecular complexity index is 686. The maximum atomic E-state index is 13.5. The van der Waals surface area contributed by atoms with Crippen molar-refractivity contribution < 1.29 is 27.1 Å². The Morgan fingerprint density at radius 2 is 1.73 bits per heavy atom. The summed E-state index contributed by atoms with van der Waals surface area (Å²) in [6.07, 6.45) is -4.79. The van der Waals surface area contributed by atoms with E-state index in [9.17, 15) is 22.4 Å². The summed E-state index contributed by atoms with van der Waals surface area (Å²) >= 11 is 3.12. The Kier molecular flexibility index (Phi) is 4.70. The fourth-order valence-corrected chi connectivity index (χ4v) is 1.97. The standard InChI is InChI=1S/C14H8BrF4NO2/c15-8-1-6-12(16)11(7-8)13(21)20-9-2-4-10(5-3-9)22-14(17,18)19/h1-7H,(H,20,21). The van der Waals surface area contributed by atoms with Crippen molar-refractivity contribution in [1.29, 1.82) is 0 Å². The lowest BCUT2D eigenvalue weighted by molar-refractivity contribution is -0.274. The van der Waals surface area contributed by atoms with Gasteiger partial charge in [-0.25, -0.2) is 4.39 Å². The number of nitrogens with one attached hydrogen (secondary N) is 1. The summed E-state index contributed by atoms with van der Waals surface area (Å²) in [6, 6.07) is 8.38. The minimum Gasteiger partial charge on any atom is -0.406 e. The van der Waals surface area contributed by atoms with E-state index >= 15 is 0 Å². The molecular formula is C14H8BrF4NO2. The second-order valence-corrected chi connectivity index (χ2v) is 5.07. The molecule has 0 radical (unpaired) electrons. The van der Waals surface area contributed by atoms with Crippen LogP contribution in [0.15, 0.2) is 46.9 Å². The third-order valence-corrected chi connectivity index (χ3v) is 3.01. The summed E-state index contributed by atoms with van der Waals surface area (Å²) in [5.74, 6) is -1.85. The van der Waals surface area contributed by atoms with Gasteiger partial charge in [0, 0.05) is 10.2 Å². The zero-order valence-electron chi connectivity index (χ0n) is 10.7. The normalized spacial score (nSPS) is 11.1. The number of carbonyl (C=O) groups excluding carboxylic acids is 1. The van der Waals surface area contributed by atoms with Gasteiger partial charge in [0.05, 0.1) is 5.56 Å². The molecule has 3 nitrogen and oxygen atoms in total. The lowest BCUT2D eigenvalue weighted by Gasteiger charge is -2.10. The molecule has 0 saturated heterocycles. The van der Waals surface area contributed by atoms with Crippen LogP contribution in [0.25, 0.3) is 0 Å². The maximum absolute atomic E-state index is 13.5. The summed E-state index contributed by atoms with van der Waals surface area (Å²) in [5, 5.41) is 2.38.